The molecule has 0 radical (unpaired) electrons. The molecule has 1 N–H and O–H groups in total. The van der Waals surface area contributed by atoms with E-state index in [2.05, 4.69) is 80.6 Å². The van der Waals surface area contributed by atoms with Gasteiger partial charge in [-0.2, -0.15) is 0 Å². The molecule has 0 saturated carbocycles. The van der Waals surface area contributed by atoms with Crippen molar-refractivity contribution in [2.45, 2.75) is 38.5 Å². The maximum absolute atomic E-state index is 12.3. The summed E-state index contributed by atoms with van der Waals surface area (Å²) in [7, 11) is 0. The summed E-state index contributed by atoms with van der Waals surface area (Å²) in [5.74, 6) is -0.850. The van der Waals surface area contributed by atoms with Gasteiger partial charge >= 0.3 is 5.97 Å². The third kappa shape index (κ3) is 3.01. The molecule has 4 unspecified atom stereocenters. The maximum Gasteiger partial charge on any atom is 0.306 e. The van der Waals surface area contributed by atoms with Crippen LogP contribution in [0.3, 0.4) is 0 Å². The van der Waals surface area contributed by atoms with Gasteiger partial charge in [0.1, 0.15) is 0 Å². The molecule has 0 saturated heterocycles. The number of fused-ring (bicyclic) bond motifs is 2. The van der Waals surface area contributed by atoms with Crippen LogP contribution in [0.4, 0.5) is 0 Å². The molecule has 4 atom stereocenters. The molecule has 2 heteroatoms. The van der Waals surface area contributed by atoms with Gasteiger partial charge in [0.2, 0.25) is 0 Å². The van der Waals surface area contributed by atoms with Crippen molar-refractivity contribution in [3.8, 4) is 0 Å². The lowest BCUT2D eigenvalue weighted by Crippen LogP contribution is -2.47. The number of carbonyl (C=O) groups is 1. The van der Waals surface area contributed by atoms with Crippen LogP contribution in [0.2, 0.25) is 0 Å². The van der Waals surface area contributed by atoms with E-state index in [9.17, 15) is 9.90 Å². The van der Waals surface area contributed by atoms with Crippen molar-refractivity contribution in [3.63, 3.8) is 0 Å². The second kappa shape index (κ2) is 7.43. The van der Waals surface area contributed by atoms with Gasteiger partial charge in [0, 0.05) is 5.41 Å². The zero-order valence-electron chi connectivity index (χ0n) is 16.6. The van der Waals surface area contributed by atoms with Crippen LogP contribution in [0.25, 0.3) is 0 Å². The number of hydrogen-bond donors (Lipinski definition) is 1. The summed E-state index contributed by atoms with van der Waals surface area (Å²) in [6.45, 7) is 4.28. The van der Waals surface area contributed by atoms with Gasteiger partial charge in [-0.25, -0.2) is 0 Å². The predicted octanol–water partition coefficient (Wildman–Crippen LogP) is 5.78. The normalized spacial score (nSPS) is 29.5. The SMILES string of the molecule is CC1=CCC(C2(c3ccccc3)c3cccc(c3)CCC(C(=O)O)C2C)C=C1. The van der Waals surface area contributed by atoms with E-state index in [4.69, 9.17) is 0 Å². The van der Waals surface area contributed by atoms with E-state index in [1.807, 2.05) is 6.07 Å². The summed E-state index contributed by atoms with van der Waals surface area (Å²) in [6.07, 6.45) is 9.23. The molecule has 0 heterocycles. The molecule has 2 nitrogen and oxygen atoms in total. The van der Waals surface area contributed by atoms with Gasteiger partial charge < -0.3 is 5.11 Å². The Balaban J connectivity index is 2.01. The average molecular weight is 373 g/mol. The first-order valence-corrected chi connectivity index (χ1v) is 10.3. The summed E-state index contributed by atoms with van der Waals surface area (Å²) in [6, 6.07) is 19.4. The van der Waals surface area contributed by atoms with Crippen LogP contribution in [-0.4, -0.2) is 11.1 Å². The number of hydrogen-bond acceptors (Lipinski definition) is 1. The summed E-state index contributed by atoms with van der Waals surface area (Å²) < 4.78 is 0. The lowest BCUT2D eigenvalue weighted by Gasteiger charge is -2.49. The molecule has 144 valence electrons. The van der Waals surface area contributed by atoms with Crippen molar-refractivity contribution in [1.82, 2.24) is 0 Å². The largest absolute Gasteiger partial charge is 0.481 e. The molecular weight excluding hydrogens is 344 g/mol. The molecule has 28 heavy (non-hydrogen) atoms. The molecule has 0 spiro atoms. The maximum atomic E-state index is 12.3. The number of rotatable bonds is 3. The first-order chi connectivity index (χ1) is 13.5. The van der Waals surface area contributed by atoms with E-state index in [0.717, 1.165) is 12.8 Å². The lowest BCUT2D eigenvalue weighted by molar-refractivity contribution is -0.145. The van der Waals surface area contributed by atoms with Gasteiger partial charge in [-0.1, -0.05) is 85.3 Å². The molecule has 2 aromatic rings. The Morgan fingerprint density at radius 2 is 1.82 bits per heavy atom. The van der Waals surface area contributed by atoms with Crippen LogP contribution < -0.4 is 0 Å². The number of carboxylic acid groups (broad SMARTS) is 1. The zero-order valence-corrected chi connectivity index (χ0v) is 16.6. The monoisotopic (exact) mass is 372 g/mol. The fraction of sp³-hybridized carbons (Fsp3) is 0.346. The molecule has 2 aliphatic rings. The molecule has 0 amide bonds. The van der Waals surface area contributed by atoms with Gasteiger partial charge in [-0.3, -0.25) is 4.79 Å². The Hall–Kier alpha value is -2.61. The van der Waals surface area contributed by atoms with Crippen LogP contribution in [0, 0.1) is 17.8 Å². The van der Waals surface area contributed by atoms with E-state index in [0.29, 0.717) is 6.42 Å². The van der Waals surface area contributed by atoms with E-state index in [1.165, 1.54) is 22.3 Å². The fourth-order valence-corrected chi connectivity index (χ4v) is 5.45. The lowest BCUT2D eigenvalue weighted by atomic mass is 9.54. The Kier molecular flexibility index (Phi) is 4.97. The van der Waals surface area contributed by atoms with Gasteiger partial charge in [0.15, 0.2) is 0 Å². The molecule has 2 aromatic carbocycles. The first kappa shape index (κ1) is 18.7. The summed E-state index contributed by atoms with van der Waals surface area (Å²) in [4.78, 5) is 12.3. The van der Waals surface area contributed by atoms with Crippen molar-refractivity contribution in [3.05, 3.63) is 95.1 Å². The highest BCUT2D eigenvalue weighted by Crippen LogP contribution is 2.52. The van der Waals surface area contributed by atoms with Crippen LogP contribution in [0.1, 0.15) is 43.4 Å². The molecular formula is C26H28O2. The molecule has 0 fully saturated rings. The van der Waals surface area contributed by atoms with E-state index in [-0.39, 0.29) is 23.2 Å². The fourth-order valence-electron chi connectivity index (χ4n) is 5.45. The summed E-state index contributed by atoms with van der Waals surface area (Å²) in [5.41, 5.74) is 4.62. The molecule has 4 rings (SSSR count). The van der Waals surface area contributed by atoms with Gasteiger partial charge in [-0.15, -0.1) is 0 Å². The van der Waals surface area contributed by atoms with Crippen LogP contribution in [0.15, 0.2) is 78.4 Å². The molecule has 0 aliphatic heterocycles. The second-order valence-electron chi connectivity index (χ2n) is 8.36. The summed E-state index contributed by atoms with van der Waals surface area (Å²) >= 11 is 0. The van der Waals surface area contributed by atoms with Crippen LogP contribution >= 0.6 is 0 Å². The van der Waals surface area contributed by atoms with Crippen molar-refractivity contribution in [2.75, 3.05) is 0 Å². The topological polar surface area (TPSA) is 37.3 Å². The Morgan fingerprint density at radius 3 is 2.50 bits per heavy atom. The number of aliphatic carboxylic acids is 1. The Morgan fingerprint density at radius 1 is 1.07 bits per heavy atom. The highest BCUT2D eigenvalue weighted by atomic mass is 16.4. The second-order valence-corrected chi connectivity index (χ2v) is 8.36. The standard InChI is InChI=1S/C26H28O2/c1-18-11-14-22(15-12-18)26(21-8-4-3-5-9-21)19(2)24(25(27)28)16-13-20-7-6-10-23(26)17-20/h3-12,14,17,19,22,24H,13,15-16H2,1-2H3,(H,27,28). The van der Waals surface area contributed by atoms with Crippen LogP contribution in [0.5, 0.6) is 0 Å². The Labute approximate surface area is 167 Å². The summed E-state index contributed by atoms with van der Waals surface area (Å²) in [5, 5.41) is 10.1. The predicted molar refractivity (Wildman–Crippen MR) is 113 cm³/mol. The zero-order chi connectivity index (χ0) is 19.7. The minimum atomic E-state index is -0.676. The van der Waals surface area contributed by atoms with E-state index < -0.39 is 5.97 Å². The first-order valence-electron chi connectivity index (χ1n) is 10.3. The van der Waals surface area contributed by atoms with Crippen molar-refractivity contribution >= 4 is 5.97 Å². The number of benzene rings is 2. The minimum absolute atomic E-state index is 0.0237. The van der Waals surface area contributed by atoms with Crippen molar-refractivity contribution < 1.29 is 9.90 Å². The van der Waals surface area contributed by atoms with E-state index >= 15 is 0 Å². The number of aryl methyl sites for hydroxylation is 1. The Bertz CT molecular complexity index is 924. The van der Waals surface area contributed by atoms with E-state index in [1.54, 1.807) is 0 Å². The highest BCUT2D eigenvalue weighted by molar-refractivity contribution is 5.71. The third-order valence-electron chi connectivity index (χ3n) is 6.91. The van der Waals surface area contributed by atoms with Crippen LogP contribution in [-0.2, 0) is 16.6 Å². The van der Waals surface area contributed by atoms with Gasteiger partial charge in [0.05, 0.1) is 5.92 Å². The van der Waals surface area contributed by atoms with Crippen molar-refractivity contribution in [1.29, 1.82) is 0 Å². The van der Waals surface area contributed by atoms with Gasteiger partial charge in [0.25, 0.3) is 0 Å². The average Bonchev–Trinajstić information content (AvgIpc) is 2.70. The molecule has 0 aromatic heterocycles. The highest BCUT2D eigenvalue weighted by Gasteiger charge is 2.50. The molecule has 2 aliphatic carbocycles. The molecule has 2 bridgehead atoms. The van der Waals surface area contributed by atoms with Crippen molar-refractivity contribution in [2.24, 2.45) is 17.8 Å². The van der Waals surface area contributed by atoms with Gasteiger partial charge in [-0.05, 0) is 54.7 Å². The number of allylic oxidation sites excluding steroid dienone is 4. The third-order valence-corrected chi connectivity index (χ3v) is 6.91. The number of carboxylic acids is 1. The smallest absolute Gasteiger partial charge is 0.306 e. The quantitative estimate of drug-likeness (QED) is 0.742. The minimum Gasteiger partial charge on any atom is -0.481 e.